The normalized spacial score (nSPS) is 10.3. The maximum atomic E-state index is 11.9. The summed E-state index contributed by atoms with van der Waals surface area (Å²) in [7, 11) is 0. The second kappa shape index (κ2) is 6.53. The second-order valence-electron chi connectivity index (χ2n) is 4.88. The number of aromatic nitrogens is 1. The number of amides is 1. The molecule has 2 rings (SSSR count). The van der Waals surface area contributed by atoms with Crippen LogP contribution in [0.2, 0.25) is 5.02 Å². The van der Waals surface area contributed by atoms with E-state index in [1.807, 2.05) is 55.1 Å². The molecular weight excluding hydrogens is 272 g/mol. The Morgan fingerprint density at radius 1 is 1.20 bits per heavy atom. The van der Waals surface area contributed by atoms with E-state index in [1.165, 1.54) is 5.56 Å². The van der Waals surface area contributed by atoms with Gasteiger partial charge in [-0.1, -0.05) is 17.7 Å². The lowest BCUT2D eigenvalue weighted by Crippen LogP contribution is -2.34. The quantitative estimate of drug-likeness (QED) is 0.861. The van der Waals surface area contributed by atoms with Gasteiger partial charge in [-0.2, -0.15) is 0 Å². The number of aryl methyl sites for hydroxylation is 3. The predicted molar refractivity (Wildman–Crippen MR) is 80.8 cm³/mol. The molecule has 0 aliphatic rings. The number of pyridine rings is 1. The van der Waals surface area contributed by atoms with Crippen LogP contribution in [0, 0.1) is 13.8 Å². The average Bonchev–Trinajstić information content (AvgIpc) is 2.42. The zero-order valence-electron chi connectivity index (χ0n) is 11.7. The van der Waals surface area contributed by atoms with Crippen LogP contribution in [0.4, 0.5) is 5.69 Å². The topological polar surface area (TPSA) is 33.0 Å². The summed E-state index contributed by atoms with van der Waals surface area (Å²) in [6, 6.07) is 9.58. The maximum Gasteiger partial charge on any atom is 0.230 e. The molecule has 0 unspecified atom stereocenters. The summed E-state index contributed by atoms with van der Waals surface area (Å²) in [6.45, 7) is 4.63. The van der Waals surface area contributed by atoms with E-state index in [2.05, 4.69) is 5.32 Å². The number of hydrogen-bond donors (Lipinski definition) is 1. The van der Waals surface area contributed by atoms with Gasteiger partial charge in [-0.3, -0.25) is 4.79 Å². The molecule has 0 aliphatic carbocycles. The van der Waals surface area contributed by atoms with E-state index in [-0.39, 0.29) is 5.91 Å². The van der Waals surface area contributed by atoms with Gasteiger partial charge in [0.05, 0.1) is 6.42 Å². The molecule has 3 nitrogen and oxygen atoms in total. The molecule has 0 saturated heterocycles. The Kier molecular flexibility index (Phi) is 4.74. The summed E-state index contributed by atoms with van der Waals surface area (Å²) in [5.74, 6) is -0.0157. The molecule has 104 valence electrons. The number of nitrogens with zero attached hydrogens (tertiary/aromatic N) is 1. The smallest absolute Gasteiger partial charge is 0.230 e. The van der Waals surface area contributed by atoms with Crippen LogP contribution in [0.25, 0.3) is 0 Å². The zero-order valence-corrected chi connectivity index (χ0v) is 12.4. The molecule has 0 radical (unpaired) electrons. The van der Waals surface area contributed by atoms with Gasteiger partial charge in [0.25, 0.3) is 0 Å². The van der Waals surface area contributed by atoms with Crippen molar-refractivity contribution >= 4 is 23.2 Å². The van der Waals surface area contributed by atoms with E-state index in [9.17, 15) is 4.79 Å². The molecule has 0 atom stereocenters. The number of carbonyl (C=O) groups excluding carboxylic acids is 1. The summed E-state index contributed by atoms with van der Waals surface area (Å²) >= 11 is 6.03. The van der Waals surface area contributed by atoms with Crippen molar-refractivity contribution in [2.45, 2.75) is 26.8 Å². The van der Waals surface area contributed by atoms with Gasteiger partial charge in [-0.25, -0.2) is 4.57 Å². The number of nitrogens with one attached hydrogen (secondary N) is 1. The molecule has 1 aromatic carbocycles. The van der Waals surface area contributed by atoms with Gasteiger partial charge in [-0.15, -0.1) is 0 Å². The lowest BCUT2D eigenvalue weighted by atomic mass is 10.2. The monoisotopic (exact) mass is 289 g/mol. The molecule has 4 heteroatoms. The number of rotatable bonds is 4. The molecule has 0 fully saturated rings. The first-order valence-corrected chi connectivity index (χ1v) is 6.94. The molecule has 0 saturated carbocycles. The summed E-state index contributed by atoms with van der Waals surface area (Å²) in [5, 5.41) is 3.52. The summed E-state index contributed by atoms with van der Waals surface area (Å²) in [6.07, 6.45) is 4.38. The third-order valence-corrected chi connectivity index (χ3v) is 3.52. The summed E-state index contributed by atoms with van der Waals surface area (Å²) in [5.41, 5.74) is 2.94. The third kappa shape index (κ3) is 4.07. The van der Waals surface area contributed by atoms with Gasteiger partial charge < -0.3 is 5.32 Å². The maximum absolute atomic E-state index is 11.9. The van der Waals surface area contributed by atoms with E-state index >= 15 is 0 Å². The molecule has 0 spiro atoms. The zero-order chi connectivity index (χ0) is 14.5. The molecule has 1 aromatic heterocycles. The highest BCUT2D eigenvalue weighted by Gasteiger charge is 2.07. The highest BCUT2D eigenvalue weighted by atomic mass is 35.5. The van der Waals surface area contributed by atoms with E-state index in [0.717, 1.165) is 11.3 Å². The first kappa shape index (κ1) is 14.5. The lowest BCUT2D eigenvalue weighted by molar-refractivity contribution is -0.695. The Hall–Kier alpha value is -1.87. The fraction of sp³-hybridized carbons (Fsp3) is 0.250. The Balaban J connectivity index is 1.89. The van der Waals surface area contributed by atoms with Crippen LogP contribution < -0.4 is 9.88 Å². The van der Waals surface area contributed by atoms with Crippen LogP contribution in [0.1, 0.15) is 17.5 Å². The fourth-order valence-corrected chi connectivity index (χ4v) is 1.99. The van der Waals surface area contributed by atoms with Crippen LogP contribution in [0.15, 0.2) is 42.7 Å². The van der Waals surface area contributed by atoms with Crippen molar-refractivity contribution < 1.29 is 9.36 Å². The van der Waals surface area contributed by atoms with Crippen molar-refractivity contribution in [3.05, 3.63) is 58.9 Å². The van der Waals surface area contributed by atoms with Gasteiger partial charge in [0.2, 0.25) is 5.91 Å². The third-order valence-electron chi connectivity index (χ3n) is 3.11. The number of benzene rings is 1. The second-order valence-corrected chi connectivity index (χ2v) is 5.28. The van der Waals surface area contributed by atoms with Crippen LogP contribution in [0.5, 0.6) is 0 Å². The van der Waals surface area contributed by atoms with Gasteiger partial charge >= 0.3 is 0 Å². The van der Waals surface area contributed by atoms with Crippen molar-refractivity contribution in [3.63, 3.8) is 0 Å². The van der Waals surface area contributed by atoms with E-state index in [0.29, 0.717) is 18.0 Å². The van der Waals surface area contributed by atoms with Gasteiger partial charge in [0, 0.05) is 22.8 Å². The molecule has 1 heterocycles. The first-order chi connectivity index (χ1) is 9.54. The Labute approximate surface area is 124 Å². The van der Waals surface area contributed by atoms with Crippen molar-refractivity contribution in [3.8, 4) is 0 Å². The van der Waals surface area contributed by atoms with Gasteiger partial charge in [0.1, 0.15) is 0 Å². The first-order valence-electron chi connectivity index (χ1n) is 6.56. The van der Waals surface area contributed by atoms with Crippen molar-refractivity contribution in [1.29, 1.82) is 0 Å². The van der Waals surface area contributed by atoms with Crippen LogP contribution in [-0.4, -0.2) is 5.91 Å². The standard InChI is InChI=1S/C16H17ClN2O/c1-12-5-8-19(9-6-12)10-7-16(20)18-14-4-3-13(2)15(17)11-14/h3-6,8-9,11H,7,10H2,1-2H3/p+1. The van der Waals surface area contributed by atoms with Crippen molar-refractivity contribution in [1.82, 2.24) is 0 Å². The highest BCUT2D eigenvalue weighted by Crippen LogP contribution is 2.19. The lowest BCUT2D eigenvalue weighted by Gasteiger charge is -2.06. The Morgan fingerprint density at radius 2 is 1.90 bits per heavy atom. The van der Waals surface area contributed by atoms with E-state index in [4.69, 9.17) is 11.6 Å². The van der Waals surface area contributed by atoms with Crippen LogP contribution >= 0.6 is 11.6 Å². The molecule has 2 aromatic rings. The number of hydrogen-bond acceptors (Lipinski definition) is 1. The van der Waals surface area contributed by atoms with Crippen LogP contribution in [0.3, 0.4) is 0 Å². The number of carbonyl (C=O) groups is 1. The van der Waals surface area contributed by atoms with Gasteiger partial charge in [0.15, 0.2) is 18.9 Å². The molecule has 0 bridgehead atoms. The van der Waals surface area contributed by atoms with E-state index < -0.39 is 0 Å². The highest BCUT2D eigenvalue weighted by molar-refractivity contribution is 6.31. The fourth-order valence-electron chi connectivity index (χ4n) is 1.81. The predicted octanol–water partition coefficient (Wildman–Crippen LogP) is 3.27. The number of halogens is 1. The SMILES string of the molecule is Cc1cc[n+](CCC(=O)Nc2ccc(C)c(Cl)c2)cc1. The Bertz CT molecular complexity index is 608. The molecular formula is C16H18ClN2O+. The molecule has 0 aliphatic heterocycles. The minimum Gasteiger partial charge on any atom is -0.326 e. The number of anilines is 1. The van der Waals surface area contributed by atoms with E-state index in [1.54, 1.807) is 6.07 Å². The van der Waals surface area contributed by atoms with Crippen LogP contribution in [-0.2, 0) is 11.3 Å². The van der Waals surface area contributed by atoms with Gasteiger partial charge in [-0.05, 0) is 37.1 Å². The summed E-state index contributed by atoms with van der Waals surface area (Å²) in [4.78, 5) is 11.9. The molecule has 20 heavy (non-hydrogen) atoms. The molecule has 1 N–H and O–H groups in total. The largest absolute Gasteiger partial charge is 0.326 e. The molecule has 1 amide bonds. The Morgan fingerprint density at radius 3 is 2.55 bits per heavy atom. The minimum absolute atomic E-state index is 0.0157. The van der Waals surface area contributed by atoms with Crippen molar-refractivity contribution in [2.24, 2.45) is 0 Å². The minimum atomic E-state index is -0.0157. The van der Waals surface area contributed by atoms with Crippen molar-refractivity contribution in [2.75, 3.05) is 5.32 Å². The summed E-state index contributed by atoms with van der Waals surface area (Å²) < 4.78 is 1.99. The average molecular weight is 290 g/mol.